The molecule has 1 aliphatic carbocycles. The fourth-order valence-electron chi connectivity index (χ4n) is 3.99. The molecule has 0 bridgehead atoms. The third-order valence-electron chi connectivity index (χ3n) is 5.50. The quantitative estimate of drug-likeness (QED) is 0.608. The fourth-order valence-corrected chi connectivity index (χ4v) is 4.63. The number of rotatable bonds is 5. The summed E-state index contributed by atoms with van der Waals surface area (Å²) >= 11 is 1.71. The molecule has 0 spiro atoms. The highest BCUT2D eigenvalue weighted by atomic mass is 32.1. The summed E-state index contributed by atoms with van der Waals surface area (Å²) in [4.78, 5) is 19.3. The van der Waals surface area contributed by atoms with Crippen LogP contribution in [0.4, 0.5) is 0 Å². The van der Waals surface area contributed by atoms with Crippen molar-refractivity contribution in [2.24, 2.45) is 16.3 Å². The molecule has 1 saturated heterocycles. The molecule has 3 unspecified atom stereocenters. The predicted octanol–water partition coefficient (Wildman–Crippen LogP) is 2.08. The Morgan fingerprint density at radius 3 is 2.96 bits per heavy atom. The maximum atomic E-state index is 12.0. The van der Waals surface area contributed by atoms with Crippen LogP contribution in [0.15, 0.2) is 22.5 Å². The van der Waals surface area contributed by atoms with Crippen molar-refractivity contribution < 1.29 is 9.53 Å². The molecule has 2 N–H and O–H groups in total. The zero-order valence-corrected chi connectivity index (χ0v) is 16.9. The zero-order valence-electron chi connectivity index (χ0n) is 16.1. The van der Waals surface area contributed by atoms with Gasteiger partial charge in [0.1, 0.15) is 6.54 Å². The fraction of sp³-hybridized carbons (Fsp3) is 0.684. The van der Waals surface area contributed by atoms with Crippen LogP contribution in [0, 0.1) is 11.3 Å². The van der Waals surface area contributed by atoms with E-state index in [4.69, 9.17) is 4.74 Å². The van der Waals surface area contributed by atoms with Crippen molar-refractivity contribution in [3.8, 4) is 0 Å². The van der Waals surface area contributed by atoms with E-state index >= 15 is 0 Å². The van der Waals surface area contributed by atoms with Gasteiger partial charge in [0.2, 0.25) is 5.91 Å². The van der Waals surface area contributed by atoms with E-state index in [0.717, 1.165) is 13.0 Å². The number of nitrogens with one attached hydrogen (secondary N) is 2. The van der Waals surface area contributed by atoms with Gasteiger partial charge in [-0.3, -0.25) is 4.79 Å². The molecule has 2 heterocycles. The Morgan fingerprint density at radius 2 is 2.27 bits per heavy atom. The summed E-state index contributed by atoms with van der Waals surface area (Å²) in [6, 6.07) is 4.44. The molecule has 144 valence electrons. The molecule has 1 amide bonds. The van der Waals surface area contributed by atoms with Gasteiger partial charge >= 0.3 is 0 Å². The van der Waals surface area contributed by atoms with Gasteiger partial charge in [-0.2, -0.15) is 0 Å². The molecule has 1 aromatic heterocycles. The molecule has 1 aromatic rings. The Labute approximate surface area is 160 Å². The van der Waals surface area contributed by atoms with Gasteiger partial charge in [-0.1, -0.05) is 19.9 Å². The van der Waals surface area contributed by atoms with Crippen molar-refractivity contribution in [2.75, 3.05) is 27.2 Å². The van der Waals surface area contributed by atoms with E-state index in [-0.39, 0.29) is 17.9 Å². The second-order valence-electron chi connectivity index (χ2n) is 7.93. The van der Waals surface area contributed by atoms with Crippen LogP contribution in [0.3, 0.4) is 0 Å². The Morgan fingerprint density at radius 1 is 1.46 bits per heavy atom. The lowest BCUT2D eigenvalue weighted by atomic mass is 9.55. The van der Waals surface area contributed by atoms with Gasteiger partial charge in [-0.25, -0.2) is 4.99 Å². The van der Waals surface area contributed by atoms with Gasteiger partial charge in [0.05, 0.1) is 12.6 Å². The van der Waals surface area contributed by atoms with Crippen LogP contribution < -0.4 is 10.6 Å². The van der Waals surface area contributed by atoms with Crippen LogP contribution >= 0.6 is 11.3 Å². The molecule has 2 fully saturated rings. The molecule has 1 aliphatic heterocycles. The van der Waals surface area contributed by atoms with Crippen LogP contribution in [-0.4, -0.2) is 56.2 Å². The molecule has 0 radical (unpaired) electrons. The van der Waals surface area contributed by atoms with E-state index < -0.39 is 0 Å². The number of carbonyl (C=O) groups excluding carboxylic acids is 1. The van der Waals surface area contributed by atoms with Crippen LogP contribution in [0.2, 0.25) is 0 Å². The normalized spacial score (nSPS) is 27.2. The average Bonchev–Trinajstić information content (AvgIpc) is 3.14. The molecule has 26 heavy (non-hydrogen) atoms. The summed E-state index contributed by atoms with van der Waals surface area (Å²) in [5.74, 6) is 1.21. The molecule has 1 saturated carbocycles. The van der Waals surface area contributed by atoms with Gasteiger partial charge in [0.25, 0.3) is 0 Å². The molecule has 3 atom stereocenters. The minimum atomic E-state index is -0.00558. The van der Waals surface area contributed by atoms with Gasteiger partial charge < -0.3 is 20.3 Å². The second-order valence-corrected chi connectivity index (χ2v) is 8.96. The van der Waals surface area contributed by atoms with E-state index in [1.165, 1.54) is 11.3 Å². The molecule has 6 nitrogen and oxygen atoms in total. The van der Waals surface area contributed by atoms with Crippen molar-refractivity contribution in [2.45, 2.75) is 45.4 Å². The summed E-state index contributed by atoms with van der Waals surface area (Å²) in [7, 11) is 3.51. The van der Waals surface area contributed by atoms with E-state index in [1.54, 1.807) is 30.3 Å². The van der Waals surface area contributed by atoms with Crippen LogP contribution in [0.25, 0.3) is 0 Å². The Balaban J connectivity index is 1.68. The number of likely N-dealkylation sites (N-methyl/N-ethyl adjacent to an activating group) is 1. The first-order chi connectivity index (χ1) is 12.4. The number of amides is 1. The Hall–Kier alpha value is -1.60. The van der Waals surface area contributed by atoms with E-state index in [1.807, 2.05) is 6.07 Å². The van der Waals surface area contributed by atoms with Gasteiger partial charge in [-0.05, 0) is 24.3 Å². The number of carbonyl (C=O) groups is 1. The third kappa shape index (κ3) is 4.04. The molecule has 7 heteroatoms. The van der Waals surface area contributed by atoms with Crippen molar-refractivity contribution in [3.63, 3.8) is 0 Å². The smallest absolute Gasteiger partial charge is 0.243 e. The molecular formula is C19H30N4O2S. The summed E-state index contributed by atoms with van der Waals surface area (Å²) in [6.07, 6.45) is 2.61. The Kier molecular flexibility index (Phi) is 5.87. The van der Waals surface area contributed by atoms with Crippen LogP contribution in [0.1, 0.15) is 31.6 Å². The average molecular weight is 379 g/mol. The van der Waals surface area contributed by atoms with Gasteiger partial charge in [-0.15, -0.1) is 11.3 Å². The number of aliphatic imine (C=N–C) groups is 1. The number of hydrogen-bond donors (Lipinski definition) is 2. The highest BCUT2D eigenvalue weighted by Gasteiger charge is 2.58. The molecule has 2 aliphatic rings. The SMILES string of the molecule is CN(C)C(=O)CN=C(NCc1cccs1)NC1C2CCCOC2C1(C)C. The minimum Gasteiger partial charge on any atom is -0.377 e. The summed E-state index contributed by atoms with van der Waals surface area (Å²) < 4.78 is 5.99. The highest BCUT2D eigenvalue weighted by Crippen LogP contribution is 2.51. The summed E-state index contributed by atoms with van der Waals surface area (Å²) in [5, 5.41) is 9.04. The van der Waals surface area contributed by atoms with Crippen LogP contribution in [-0.2, 0) is 16.1 Å². The van der Waals surface area contributed by atoms with Crippen molar-refractivity contribution >= 4 is 23.2 Å². The van der Waals surface area contributed by atoms with Gasteiger partial charge in [0, 0.05) is 43.0 Å². The summed E-state index contributed by atoms with van der Waals surface area (Å²) in [5.41, 5.74) is 0.0576. The summed E-state index contributed by atoms with van der Waals surface area (Å²) in [6.45, 7) is 6.21. The maximum Gasteiger partial charge on any atom is 0.243 e. The first kappa shape index (κ1) is 19.2. The van der Waals surface area contributed by atoms with Crippen molar-refractivity contribution in [1.82, 2.24) is 15.5 Å². The third-order valence-corrected chi connectivity index (χ3v) is 6.38. The van der Waals surface area contributed by atoms with E-state index in [2.05, 4.69) is 40.9 Å². The largest absolute Gasteiger partial charge is 0.377 e. The first-order valence-corrected chi connectivity index (χ1v) is 10.2. The molecule has 3 rings (SSSR count). The van der Waals surface area contributed by atoms with Gasteiger partial charge in [0.15, 0.2) is 5.96 Å². The number of guanidine groups is 1. The zero-order chi connectivity index (χ0) is 18.7. The van der Waals surface area contributed by atoms with Crippen molar-refractivity contribution in [1.29, 1.82) is 0 Å². The van der Waals surface area contributed by atoms with Crippen molar-refractivity contribution in [3.05, 3.63) is 22.4 Å². The maximum absolute atomic E-state index is 12.0. The lowest BCUT2D eigenvalue weighted by Crippen LogP contribution is -2.71. The number of ether oxygens (including phenoxy) is 1. The number of fused-ring (bicyclic) bond motifs is 1. The molecule has 0 aromatic carbocycles. The lowest BCUT2D eigenvalue weighted by molar-refractivity contribution is -0.188. The standard InChI is InChI=1S/C19H30N4O2S/c1-19(2)16(14-8-5-9-25-17(14)19)22-18(21-12-15(24)23(3)4)20-11-13-7-6-10-26-13/h6-7,10,14,16-17H,5,8-9,11-12H2,1-4H3,(H2,20,21,22). The number of thiophene rings is 1. The van der Waals surface area contributed by atoms with E-state index in [0.29, 0.717) is 30.6 Å². The highest BCUT2D eigenvalue weighted by molar-refractivity contribution is 7.09. The Bertz CT molecular complexity index is 642. The minimum absolute atomic E-state index is 0.00558. The second kappa shape index (κ2) is 7.96. The number of hydrogen-bond acceptors (Lipinski definition) is 4. The van der Waals surface area contributed by atoms with Crippen LogP contribution in [0.5, 0.6) is 0 Å². The topological polar surface area (TPSA) is 66.0 Å². The number of nitrogens with zero attached hydrogens (tertiary/aromatic N) is 2. The first-order valence-electron chi connectivity index (χ1n) is 9.28. The monoisotopic (exact) mass is 378 g/mol. The van der Waals surface area contributed by atoms with E-state index in [9.17, 15) is 4.79 Å². The lowest BCUT2D eigenvalue weighted by Gasteiger charge is -2.60. The predicted molar refractivity (Wildman–Crippen MR) is 105 cm³/mol. The molecular weight excluding hydrogens is 348 g/mol.